The number of hydrogen-bond donors (Lipinski definition) is 2. The predicted molar refractivity (Wildman–Crippen MR) is 75.2 cm³/mol. The van der Waals surface area contributed by atoms with Gasteiger partial charge >= 0.3 is 6.09 Å². The zero-order chi connectivity index (χ0) is 13.6. The molecule has 0 aliphatic heterocycles. The fourth-order valence-electron chi connectivity index (χ4n) is 1.22. The lowest BCUT2D eigenvalue weighted by Crippen LogP contribution is -2.48. The van der Waals surface area contributed by atoms with Crippen LogP contribution in [0.2, 0.25) is 0 Å². The lowest BCUT2D eigenvalue weighted by atomic mass is 10.1. The van der Waals surface area contributed by atoms with Crippen molar-refractivity contribution in [3.05, 3.63) is 35.9 Å². The number of hydrogen-bond acceptors (Lipinski definition) is 3. The van der Waals surface area contributed by atoms with E-state index in [1.54, 1.807) is 0 Å². The summed E-state index contributed by atoms with van der Waals surface area (Å²) >= 11 is 4.99. The number of thiocarbonyl (C=S) groups is 1. The fourth-order valence-corrected chi connectivity index (χ4v) is 1.61. The number of carbonyl (C=O) groups is 1. The molecule has 0 heterocycles. The van der Waals surface area contributed by atoms with Gasteiger partial charge in [0.1, 0.15) is 6.61 Å². The largest absolute Gasteiger partial charge is 0.444 e. The second-order valence-electron chi connectivity index (χ2n) is 4.89. The summed E-state index contributed by atoms with van der Waals surface area (Å²) in [6.07, 6.45) is -0.555. The number of amides is 1. The smallest absolute Gasteiger partial charge is 0.413 e. The van der Waals surface area contributed by atoms with Crippen LogP contribution >= 0.6 is 12.2 Å². The maximum absolute atomic E-state index is 11.5. The number of alkyl carbamates (subject to hydrolysis) is 1. The normalized spacial score (nSPS) is 10.6. The van der Waals surface area contributed by atoms with Gasteiger partial charge in [-0.15, -0.1) is 0 Å². The number of nitrogens with one attached hydrogen (secondary N) is 2. The molecular formula is C13H18N2O2S. The minimum Gasteiger partial charge on any atom is -0.444 e. The summed E-state index contributed by atoms with van der Waals surface area (Å²) in [6.45, 7) is 6.09. The van der Waals surface area contributed by atoms with E-state index in [1.165, 1.54) is 0 Å². The summed E-state index contributed by atoms with van der Waals surface area (Å²) in [5.41, 5.74) is 0.742. The van der Waals surface area contributed by atoms with Crippen molar-refractivity contribution >= 4 is 23.4 Å². The van der Waals surface area contributed by atoms with Crippen molar-refractivity contribution in [3.63, 3.8) is 0 Å². The molecule has 0 aliphatic carbocycles. The topological polar surface area (TPSA) is 50.4 Å². The Kier molecular flexibility index (Phi) is 5.09. The highest BCUT2D eigenvalue weighted by molar-refractivity contribution is 7.80. The molecule has 1 rings (SSSR count). The Balaban J connectivity index is 2.32. The molecule has 1 aromatic carbocycles. The molecule has 2 N–H and O–H groups in total. The second-order valence-corrected chi connectivity index (χ2v) is 5.30. The van der Waals surface area contributed by atoms with E-state index in [0.29, 0.717) is 0 Å². The van der Waals surface area contributed by atoms with Crippen LogP contribution in [-0.2, 0) is 11.3 Å². The number of carbonyl (C=O) groups excluding carboxylic acids is 1. The van der Waals surface area contributed by atoms with Gasteiger partial charge in [-0.25, -0.2) is 4.79 Å². The molecule has 1 aromatic rings. The van der Waals surface area contributed by atoms with Crippen LogP contribution in [0.1, 0.15) is 26.3 Å². The lowest BCUT2D eigenvalue weighted by Gasteiger charge is -2.22. The van der Waals surface area contributed by atoms with Gasteiger partial charge in [0.15, 0.2) is 5.11 Å². The van der Waals surface area contributed by atoms with Crippen LogP contribution in [0.15, 0.2) is 30.3 Å². The van der Waals surface area contributed by atoms with Crippen LogP contribution in [-0.4, -0.2) is 16.7 Å². The third-order valence-corrected chi connectivity index (χ3v) is 2.12. The monoisotopic (exact) mass is 266 g/mol. The molecule has 0 atom stereocenters. The van der Waals surface area contributed by atoms with Gasteiger partial charge in [0.05, 0.1) is 0 Å². The first-order chi connectivity index (χ1) is 8.37. The van der Waals surface area contributed by atoms with Gasteiger partial charge in [-0.3, -0.25) is 5.32 Å². The molecule has 0 radical (unpaired) electrons. The first-order valence-corrected chi connectivity index (χ1v) is 6.07. The first kappa shape index (κ1) is 14.4. The molecule has 0 unspecified atom stereocenters. The molecule has 5 heteroatoms. The van der Waals surface area contributed by atoms with Crippen LogP contribution in [0.4, 0.5) is 4.79 Å². The van der Waals surface area contributed by atoms with E-state index >= 15 is 0 Å². The lowest BCUT2D eigenvalue weighted by molar-refractivity contribution is 0.145. The molecular weight excluding hydrogens is 248 g/mol. The Morgan fingerprint density at radius 2 is 1.89 bits per heavy atom. The Hall–Kier alpha value is -1.62. The van der Waals surface area contributed by atoms with E-state index in [9.17, 15) is 4.79 Å². The van der Waals surface area contributed by atoms with Crippen molar-refractivity contribution in [1.82, 2.24) is 10.6 Å². The minimum absolute atomic E-state index is 0.191. The summed E-state index contributed by atoms with van der Waals surface area (Å²) in [5, 5.41) is 5.70. The van der Waals surface area contributed by atoms with Crippen molar-refractivity contribution in [2.24, 2.45) is 0 Å². The molecule has 98 valence electrons. The van der Waals surface area contributed by atoms with Gasteiger partial charge in [-0.2, -0.15) is 0 Å². The third kappa shape index (κ3) is 6.20. The van der Waals surface area contributed by atoms with E-state index in [-0.39, 0.29) is 17.3 Å². The highest BCUT2D eigenvalue weighted by Crippen LogP contribution is 2.01. The van der Waals surface area contributed by atoms with E-state index < -0.39 is 6.09 Å². The van der Waals surface area contributed by atoms with E-state index in [4.69, 9.17) is 17.0 Å². The van der Waals surface area contributed by atoms with Crippen molar-refractivity contribution in [2.45, 2.75) is 32.9 Å². The summed E-state index contributed by atoms with van der Waals surface area (Å²) in [4.78, 5) is 11.5. The van der Waals surface area contributed by atoms with Crippen LogP contribution in [0, 0.1) is 0 Å². The maximum Gasteiger partial charge on any atom is 0.413 e. The summed E-state index contributed by atoms with van der Waals surface area (Å²) < 4.78 is 5.04. The molecule has 1 amide bonds. The third-order valence-electron chi connectivity index (χ3n) is 1.92. The minimum atomic E-state index is -0.555. The SMILES string of the molecule is CC(C)(C)NC(=S)NC(=O)OCc1ccccc1. The van der Waals surface area contributed by atoms with Gasteiger partial charge in [0, 0.05) is 5.54 Å². The molecule has 18 heavy (non-hydrogen) atoms. The van der Waals surface area contributed by atoms with Gasteiger partial charge in [0.25, 0.3) is 0 Å². The maximum atomic E-state index is 11.5. The summed E-state index contributed by atoms with van der Waals surface area (Å²) in [6, 6.07) is 9.47. The zero-order valence-electron chi connectivity index (χ0n) is 10.8. The fraction of sp³-hybridized carbons (Fsp3) is 0.385. The number of rotatable bonds is 2. The quantitative estimate of drug-likeness (QED) is 0.808. The Bertz CT molecular complexity index is 413. The highest BCUT2D eigenvalue weighted by atomic mass is 32.1. The zero-order valence-corrected chi connectivity index (χ0v) is 11.6. The van der Waals surface area contributed by atoms with Gasteiger partial charge in [-0.05, 0) is 38.6 Å². The average molecular weight is 266 g/mol. The molecule has 0 aromatic heterocycles. The molecule has 0 bridgehead atoms. The van der Waals surface area contributed by atoms with Gasteiger partial charge in [0.2, 0.25) is 0 Å². The van der Waals surface area contributed by atoms with Crippen molar-refractivity contribution in [3.8, 4) is 0 Å². The van der Waals surface area contributed by atoms with Crippen molar-refractivity contribution in [1.29, 1.82) is 0 Å². The predicted octanol–water partition coefficient (Wildman–Crippen LogP) is 2.59. The van der Waals surface area contributed by atoms with Crippen molar-refractivity contribution in [2.75, 3.05) is 0 Å². The molecule has 0 fully saturated rings. The van der Waals surface area contributed by atoms with E-state index in [1.807, 2.05) is 51.1 Å². The Labute approximate surface area is 113 Å². The Morgan fingerprint density at radius 3 is 2.44 bits per heavy atom. The molecule has 4 nitrogen and oxygen atoms in total. The summed E-state index contributed by atoms with van der Waals surface area (Å²) in [7, 11) is 0. The van der Waals surface area contributed by atoms with Gasteiger partial charge in [-0.1, -0.05) is 30.3 Å². The second kappa shape index (κ2) is 6.35. The van der Waals surface area contributed by atoms with Gasteiger partial charge < -0.3 is 10.1 Å². The molecule has 0 saturated carbocycles. The van der Waals surface area contributed by atoms with Crippen LogP contribution in [0.25, 0.3) is 0 Å². The van der Waals surface area contributed by atoms with Crippen LogP contribution < -0.4 is 10.6 Å². The highest BCUT2D eigenvalue weighted by Gasteiger charge is 2.13. The van der Waals surface area contributed by atoms with E-state index in [2.05, 4.69) is 10.6 Å². The van der Waals surface area contributed by atoms with Crippen LogP contribution in [0.3, 0.4) is 0 Å². The standard InChI is InChI=1S/C13H18N2O2S/c1-13(2,3)15-11(18)14-12(16)17-9-10-7-5-4-6-8-10/h4-8H,9H2,1-3H3,(H2,14,15,16,18). The van der Waals surface area contributed by atoms with Crippen molar-refractivity contribution < 1.29 is 9.53 Å². The molecule has 0 spiro atoms. The number of benzene rings is 1. The van der Waals surface area contributed by atoms with E-state index in [0.717, 1.165) is 5.56 Å². The average Bonchev–Trinajstić information content (AvgIpc) is 2.25. The van der Waals surface area contributed by atoms with Crippen LogP contribution in [0.5, 0.6) is 0 Å². The number of ether oxygens (including phenoxy) is 1. The summed E-state index contributed by atoms with van der Waals surface area (Å²) in [5.74, 6) is 0. The molecule has 0 aliphatic rings. The Morgan fingerprint density at radius 1 is 1.28 bits per heavy atom. The molecule has 0 saturated heterocycles. The first-order valence-electron chi connectivity index (χ1n) is 5.67.